The molecule has 5 aromatic rings. The van der Waals surface area contributed by atoms with Crippen LogP contribution in [0, 0.1) is 0 Å². The van der Waals surface area contributed by atoms with E-state index in [0.29, 0.717) is 6.61 Å². The van der Waals surface area contributed by atoms with E-state index in [4.69, 9.17) is 4.74 Å². The second kappa shape index (κ2) is 9.91. The highest BCUT2D eigenvalue weighted by Gasteiger charge is 2.35. The van der Waals surface area contributed by atoms with Gasteiger partial charge in [-0.3, -0.25) is 10.1 Å². The summed E-state index contributed by atoms with van der Waals surface area (Å²) in [4.78, 5) is 7.56. The van der Waals surface area contributed by atoms with Gasteiger partial charge in [0, 0.05) is 30.0 Å². The Balaban J connectivity index is 1.14. The van der Waals surface area contributed by atoms with Crippen molar-refractivity contribution < 1.29 is 4.74 Å². The van der Waals surface area contributed by atoms with Gasteiger partial charge >= 0.3 is 0 Å². The molecule has 6 heteroatoms. The van der Waals surface area contributed by atoms with E-state index in [0.717, 1.165) is 46.8 Å². The first-order valence-electron chi connectivity index (χ1n) is 12.0. The van der Waals surface area contributed by atoms with Crippen molar-refractivity contribution in [3.05, 3.63) is 125 Å². The number of allylic oxidation sites excluding steroid dienone is 1. The number of fused-ring (bicyclic) bond motifs is 1. The average molecular weight is 491 g/mol. The van der Waals surface area contributed by atoms with E-state index in [2.05, 4.69) is 98.4 Å². The van der Waals surface area contributed by atoms with Crippen LogP contribution < -0.4 is 4.74 Å². The van der Waals surface area contributed by atoms with E-state index >= 15 is 0 Å². The van der Waals surface area contributed by atoms with Crippen LogP contribution in [0.3, 0.4) is 0 Å². The fraction of sp³-hybridized carbons (Fsp3) is 0.133. The van der Waals surface area contributed by atoms with Gasteiger partial charge in [-0.25, -0.2) is 0 Å². The summed E-state index contributed by atoms with van der Waals surface area (Å²) in [6, 6.07) is 25.0. The van der Waals surface area contributed by atoms with Crippen LogP contribution in [0.4, 0.5) is 0 Å². The quantitative estimate of drug-likeness (QED) is 0.243. The van der Waals surface area contributed by atoms with Gasteiger partial charge < -0.3 is 9.72 Å². The molecule has 6 rings (SSSR count). The molecule has 3 aromatic heterocycles. The zero-order chi connectivity index (χ0) is 24.2. The summed E-state index contributed by atoms with van der Waals surface area (Å²) in [7, 11) is 0. The van der Waals surface area contributed by atoms with E-state index in [9.17, 15) is 0 Å². The number of aromatic nitrogens is 4. The molecule has 0 saturated heterocycles. The Kier molecular flexibility index (Phi) is 6.18. The van der Waals surface area contributed by atoms with Gasteiger partial charge in [0.25, 0.3) is 0 Å². The van der Waals surface area contributed by atoms with E-state index < -0.39 is 0 Å². The van der Waals surface area contributed by atoms with E-state index in [-0.39, 0.29) is 4.75 Å². The van der Waals surface area contributed by atoms with Crippen LogP contribution in [0.1, 0.15) is 34.6 Å². The molecule has 1 aliphatic rings. The lowest BCUT2D eigenvalue weighted by Gasteiger charge is -2.28. The number of benzene rings is 2. The number of hydrogen-bond acceptors (Lipinski definition) is 4. The van der Waals surface area contributed by atoms with Crippen LogP contribution in [-0.2, 0) is 17.8 Å². The fourth-order valence-electron chi connectivity index (χ4n) is 4.58. The zero-order valence-electron chi connectivity index (χ0n) is 19.7. The smallest absolute Gasteiger partial charge is 0.130 e. The van der Waals surface area contributed by atoms with E-state index in [1.165, 1.54) is 10.9 Å². The first-order valence-corrected chi connectivity index (χ1v) is 12.9. The molecule has 1 aliphatic heterocycles. The lowest BCUT2D eigenvalue weighted by molar-refractivity contribution is 0.301. The van der Waals surface area contributed by atoms with Crippen molar-refractivity contribution in [3.8, 4) is 5.75 Å². The second-order valence-corrected chi connectivity index (χ2v) is 10.3. The molecule has 2 N–H and O–H groups in total. The molecule has 5 nitrogen and oxygen atoms in total. The minimum atomic E-state index is -0.0493. The Morgan fingerprint density at radius 1 is 1.00 bits per heavy atom. The van der Waals surface area contributed by atoms with Crippen LogP contribution in [0.25, 0.3) is 23.1 Å². The first-order chi connectivity index (χ1) is 17.8. The number of rotatable bonds is 8. The van der Waals surface area contributed by atoms with Crippen LogP contribution in [0.2, 0.25) is 0 Å². The fourth-order valence-corrected chi connectivity index (χ4v) is 5.74. The molecule has 1 unspecified atom stereocenters. The van der Waals surface area contributed by atoms with Crippen molar-refractivity contribution >= 4 is 34.8 Å². The van der Waals surface area contributed by atoms with Gasteiger partial charge in [-0.05, 0) is 82.9 Å². The van der Waals surface area contributed by atoms with Crippen molar-refractivity contribution in [1.82, 2.24) is 20.2 Å². The van der Waals surface area contributed by atoms with E-state index in [1.807, 2.05) is 36.2 Å². The summed E-state index contributed by atoms with van der Waals surface area (Å²) in [6.07, 6.45) is 12.0. The molecule has 0 radical (unpaired) electrons. The summed E-state index contributed by atoms with van der Waals surface area (Å²) in [6.45, 7) is 0.463. The third-order valence-corrected chi connectivity index (χ3v) is 7.81. The number of pyridine rings is 1. The molecule has 0 spiro atoms. The van der Waals surface area contributed by atoms with Gasteiger partial charge in [0.15, 0.2) is 0 Å². The van der Waals surface area contributed by atoms with E-state index in [1.54, 1.807) is 6.20 Å². The molecular weight excluding hydrogens is 464 g/mol. The maximum absolute atomic E-state index is 5.94. The highest BCUT2D eigenvalue weighted by molar-refractivity contribution is 8.03. The standard InChI is InChI=1S/C30H26N4OS/c1-2-15-31-26(4-1)21-35-28-10-7-24(8-11-28)30(14-3-17-36-30)20-27-19-25(33-34-27)9-5-22-6-12-29-23(18-22)13-16-32-29/h1-13,15-19,32H,14,20-21H2,(H,33,34)/b9-5+. The Labute approximate surface area is 214 Å². The summed E-state index contributed by atoms with van der Waals surface area (Å²) < 4.78 is 5.89. The average Bonchev–Trinajstić information content (AvgIpc) is 3.69. The minimum Gasteiger partial charge on any atom is -0.487 e. The highest BCUT2D eigenvalue weighted by Crippen LogP contribution is 2.48. The minimum absolute atomic E-state index is 0.0493. The SMILES string of the molecule is C1=CSC(Cc2cc(/C=C/c3ccc4[nH]ccc4c3)n[nH]2)(c2ccc(OCc3ccccn3)cc2)C1. The molecule has 36 heavy (non-hydrogen) atoms. The number of nitrogens with one attached hydrogen (secondary N) is 2. The molecule has 2 aromatic carbocycles. The van der Waals surface area contributed by atoms with Crippen LogP contribution in [-0.4, -0.2) is 20.2 Å². The molecule has 0 fully saturated rings. The topological polar surface area (TPSA) is 66.6 Å². The van der Waals surface area contributed by atoms with Gasteiger partial charge in [-0.1, -0.05) is 36.4 Å². The highest BCUT2D eigenvalue weighted by atomic mass is 32.2. The third kappa shape index (κ3) is 4.86. The van der Waals surface area contributed by atoms with Crippen molar-refractivity contribution in [2.45, 2.75) is 24.2 Å². The molecule has 0 amide bonds. The molecular formula is C30H26N4OS. The number of aromatic amines is 2. The number of ether oxygens (including phenoxy) is 1. The Hall–Kier alpha value is -4.03. The van der Waals surface area contributed by atoms with Crippen LogP contribution in [0.15, 0.2) is 96.7 Å². The lowest BCUT2D eigenvalue weighted by atomic mass is 9.90. The predicted molar refractivity (Wildman–Crippen MR) is 148 cm³/mol. The lowest BCUT2D eigenvalue weighted by Crippen LogP contribution is -2.22. The molecule has 178 valence electrons. The molecule has 1 atom stereocenters. The monoisotopic (exact) mass is 490 g/mol. The summed E-state index contributed by atoms with van der Waals surface area (Å²) in [5, 5.41) is 11.2. The van der Waals surface area contributed by atoms with Crippen LogP contribution in [0.5, 0.6) is 5.75 Å². The van der Waals surface area contributed by atoms with Gasteiger partial charge in [0.2, 0.25) is 0 Å². The molecule has 0 saturated carbocycles. The van der Waals surface area contributed by atoms with Crippen molar-refractivity contribution in [1.29, 1.82) is 0 Å². The molecule has 0 bridgehead atoms. The number of nitrogens with zero attached hydrogens (tertiary/aromatic N) is 2. The molecule has 0 aliphatic carbocycles. The summed E-state index contributed by atoms with van der Waals surface area (Å²) in [5.74, 6) is 0.849. The van der Waals surface area contributed by atoms with Gasteiger partial charge in [0.1, 0.15) is 12.4 Å². The number of hydrogen-bond donors (Lipinski definition) is 2. The Bertz CT molecular complexity index is 1510. The van der Waals surface area contributed by atoms with Crippen molar-refractivity contribution in [2.24, 2.45) is 0 Å². The first kappa shape index (κ1) is 22.4. The zero-order valence-corrected chi connectivity index (χ0v) is 20.5. The van der Waals surface area contributed by atoms with Gasteiger partial charge in [0.05, 0.1) is 16.1 Å². The molecule has 4 heterocycles. The number of thioether (sulfide) groups is 1. The predicted octanol–water partition coefficient (Wildman–Crippen LogP) is 7.12. The maximum Gasteiger partial charge on any atom is 0.130 e. The second-order valence-electron chi connectivity index (χ2n) is 8.97. The third-order valence-electron chi connectivity index (χ3n) is 6.48. The normalized spacial score (nSPS) is 17.3. The van der Waals surface area contributed by atoms with Gasteiger partial charge in [-0.2, -0.15) is 5.10 Å². The van der Waals surface area contributed by atoms with Crippen LogP contribution >= 0.6 is 11.8 Å². The number of H-pyrrole nitrogens is 2. The van der Waals surface area contributed by atoms with Crippen molar-refractivity contribution in [2.75, 3.05) is 0 Å². The summed E-state index contributed by atoms with van der Waals surface area (Å²) >= 11 is 1.88. The largest absolute Gasteiger partial charge is 0.487 e. The Morgan fingerprint density at radius 3 is 2.78 bits per heavy atom. The summed E-state index contributed by atoms with van der Waals surface area (Å²) in [5.41, 5.74) is 6.57. The Morgan fingerprint density at radius 2 is 1.94 bits per heavy atom. The maximum atomic E-state index is 5.94. The van der Waals surface area contributed by atoms with Gasteiger partial charge in [-0.15, -0.1) is 11.8 Å². The van der Waals surface area contributed by atoms with Crippen molar-refractivity contribution in [3.63, 3.8) is 0 Å².